The predicted octanol–water partition coefficient (Wildman–Crippen LogP) is 5.56. The van der Waals surface area contributed by atoms with Gasteiger partial charge in [-0.3, -0.25) is 14.7 Å². The summed E-state index contributed by atoms with van der Waals surface area (Å²) in [5, 5.41) is 5.72. The molecule has 2 fully saturated rings. The Balaban J connectivity index is 1.19. The first-order valence-electron chi connectivity index (χ1n) is 12.7. The first kappa shape index (κ1) is 27.1. The van der Waals surface area contributed by atoms with E-state index in [1.54, 1.807) is 6.08 Å². The highest BCUT2D eigenvalue weighted by Gasteiger charge is 2.54. The van der Waals surface area contributed by atoms with Gasteiger partial charge in [0.15, 0.2) is 5.00 Å². The largest absolute Gasteiger partial charge is 0.418 e. The number of nitrogens with one attached hydrogen (secondary N) is 2. The summed E-state index contributed by atoms with van der Waals surface area (Å²) in [4.78, 5) is 20.7. The van der Waals surface area contributed by atoms with Crippen molar-refractivity contribution in [3.05, 3.63) is 64.5 Å². The smallest absolute Gasteiger partial charge is 0.362 e. The molecule has 1 saturated heterocycles. The van der Waals surface area contributed by atoms with E-state index in [9.17, 15) is 18.0 Å². The number of carbonyl (C=O) groups excluding carboxylic acids is 1. The SMILES string of the molecule is CN1CCCC1C1=CN(C2(C(=O)NCC3=CCC(Cl)(Nc4ccc(Cl)cc4C(F)(F)F)C=N3)CC2)CC=C1. The van der Waals surface area contributed by atoms with E-state index >= 15 is 0 Å². The van der Waals surface area contributed by atoms with Crippen LogP contribution in [-0.2, 0) is 11.0 Å². The Labute approximate surface area is 230 Å². The molecule has 4 aliphatic rings. The third kappa shape index (κ3) is 5.60. The molecule has 5 rings (SSSR count). The number of carbonyl (C=O) groups is 1. The summed E-state index contributed by atoms with van der Waals surface area (Å²) in [7, 11) is 2.14. The van der Waals surface area contributed by atoms with Crippen molar-refractivity contribution < 1.29 is 18.0 Å². The van der Waals surface area contributed by atoms with Crippen molar-refractivity contribution in [3.8, 4) is 0 Å². The van der Waals surface area contributed by atoms with Gasteiger partial charge in [0.05, 0.1) is 17.8 Å². The molecule has 0 aromatic heterocycles. The number of halogens is 5. The average Bonchev–Trinajstić information content (AvgIpc) is 3.58. The molecular formula is C27H30Cl2F3N5O. The molecule has 2 atom stereocenters. The highest BCUT2D eigenvalue weighted by atomic mass is 35.5. The zero-order valence-corrected chi connectivity index (χ0v) is 22.5. The van der Waals surface area contributed by atoms with Crippen molar-refractivity contribution in [2.75, 3.05) is 32.0 Å². The van der Waals surface area contributed by atoms with Gasteiger partial charge < -0.3 is 15.5 Å². The van der Waals surface area contributed by atoms with Gasteiger partial charge in [-0.05, 0) is 63.0 Å². The van der Waals surface area contributed by atoms with Gasteiger partial charge in [-0.15, -0.1) is 0 Å². The quantitative estimate of drug-likeness (QED) is 0.334. The topological polar surface area (TPSA) is 60.0 Å². The molecule has 6 nitrogen and oxygen atoms in total. The van der Waals surface area contributed by atoms with Crippen molar-refractivity contribution in [3.63, 3.8) is 0 Å². The van der Waals surface area contributed by atoms with E-state index in [0.29, 0.717) is 18.3 Å². The van der Waals surface area contributed by atoms with E-state index in [2.05, 4.69) is 50.8 Å². The standard InChI is InChI=1S/C27H30Cl2F3N5O/c1-36-12-3-5-23(36)18-4-2-13-37(16-18)25(10-11-25)24(38)33-15-20-8-9-26(29,17-34-20)35-22-7-6-19(28)14-21(22)27(30,31)32/h2,4,6-8,14,16-17,23,35H,3,5,9-13,15H2,1H3,(H,33,38). The van der Waals surface area contributed by atoms with Crippen molar-refractivity contribution in [2.24, 2.45) is 4.99 Å². The van der Waals surface area contributed by atoms with Crippen LogP contribution in [0.15, 0.2) is 58.9 Å². The summed E-state index contributed by atoms with van der Waals surface area (Å²) in [6.45, 7) is 1.99. The Kier molecular flexibility index (Phi) is 7.30. The van der Waals surface area contributed by atoms with E-state index in [1.165, 1.54) is 30.3 Å². The van der Waals surface area contributed by atoms with E-state index in [-0.39, 0.29) is 29.6 Å². The summed E-state index contributed by atoms with van der Waals surface area (Å²) in [6, 6.07) is 3.86. The molecule has 1 aliphatic carbocycles. The molecule has 2 unspecified atom stereocenters. The number of benzene rings is 1. The lowest BCUT2D eigenvalue weighted by molar-refractivity contribution is -0.137. The minimum Gasteiger partial charge on any atom is -0.362 e. The van der Waals surface area contributed by atoms with Crippen LogP contribution in [0.5, 0.6) is 0 Å². The zero-order chi connectivity index (χ0) is 27.1. The molecule has 204 valence electrons. The molecule has 0 spiro atoms. The summed E-state index contributed by atoms with van der Waals surface area (Å²) in [6.07, 6.45) is 9.02. The van der Waals surface area contributed by atoms with Crippen molar-refractivity contribution in [1.29, 1.82) is 0 Å². The van der Waals surface area contributed by atoms with Gasteiger partial charge in [0.2, 0.25) is 5.91 Å². The molecule has 3 aliphatic heterocycles. The Hall–Kier alpha value is -2.49. The van der Waals surface area contributed by atoms with E-state index in [0.717, 1.165) is 31.9 Å². The van der Waals surface area contributed by atoms with Gasteiger partial charge in [0.1, 0.15) is 5.54 Å². The number of hydrogen-bond acceptors (Lipinski definition) is 5. The van der Waals surface area contributed by atoms with Gasteiger partial charge in [-0.25, -0.2) is 0 Å². The maximum absolute atomic E-state index is 13.5. The first-order valence-corrected chi connectivity index (χ1v) is 13.5. The molecule has 1 saturated carbocycles. The monoisotopic (exact) mass is 567 g/mol. The second-order valence-electron chi connectivity index (χ2n) is 10.4. The molecule has 38 heavy (non-hydrogen) atoms. The minimum absolute atomic E-state index is 0.0201. The molecular weight excluding hydrogens is 538 g/mol. The normalized spacial score (nSPS) is 26.7. The lowest BCUT2D eigenvalue weighted by atomic mass is 10.0. The van der Waals surface area contributed by atoms with Crippen LogP contribution in [0.25, 0.3) is 0 Å². The van der Waals surface area contributed by atoms with Crippen LogP contribution in [0.3, 0.4) is 0 Å². The average molecular weight is 568 g/mol. The number of amides is 1. The Bertz CT molecular complexity index is 1220. The fraction of sp³-hybridized carbons (Fsp3) is 0.481. The lowest BCUT2D eigenvalue weighted by Gasteiger charge is -2.34. The molecule has 1 amide bonds. The fourth-order valence-electron chi connectivity index (χ4n) is 5.35. The van der Waals surface area contributed by atoms with Gasteiger partial charge in [-0.1, -0.05) is 41.4 Å². The van der Waals surface area contributed by atoms with Gasteiger partial charge in [0.25, 0.3) is 0 Å². The molecule has 11 heteroatoms. The Morgan fingerprint density at radius 3 is 2.71 bits per heavy atom. The van der Waals surface area contributed by atoms with Gasteiger partial charge in [0, 0.05) is 42.1 Å². The number of anilines is 1. The zero-order valence-electron chi connectivity index (χ0n) is 21.0. The maximum Gasteiger partial charge on any atom is 0.418 e. The highest BCUT2D eigenvalue weighted by molar-refractivity contribution is 6.34. The number of aliphatic imine (C=N–C) groups is 1. The van der Waals surface area contributed by atoms with Crippen LogP contribution in [0, 0.1) is 0 Å². The predicted molar refractivity (Wildman–Crippen MR) is 144 cm³/mol. The van der Waals surface area contributed by atoms with Crippen LogP contribution in [0.4, 0.5) is 18.9 Å². The van der Waals surface area contributed by atoms with E-state index < -0.39 is 22.3 Å². The van der Waals surface area contributed by atoms with Crippen LogP contribution in [0.1, 0.15) is 37.7 Å². The molecule has 1 aromatic rings. The Morgan fingerprint density at radius 2 is 2.08 bits per heavy atom. The minimum atomic E-state index is -4.59. The van der Waals surface area contributed by atoms with Gasteiger partial charge >= 0.3 is 6.18 Å². The number of hydrogen-bond donors (Lipinski definition) is 2. The highest BCUT2D eigenvalue weighted by Crippen LogP contribution is 2.44. The summed E-state index contributed by atoms with van der Waals surface area (Å²) >= 11 is 12.3. The van der Waals surface area contributed by atoms with Crippen LogP contribution in [0.2, 0.25) is 5.02 Å². The Morgan fingerprint density at radius 1 is 1.29 bits per heavy atom. The third-order valence-electron chi connectivity index (χ3n) is 7.65. The fourth-order valence-corrected chi connectivity index (χ4v) is 5.75. The number of nitrogens with zero attached hydrogens (tertiary/aromatic N) is 3. The maximum atomic E-state index is 13.5. The number of rotatable bonds is 7. The summed E-state index contributed by atoms with van der Waals surface area (Å²) in [5.41, 5.74) is 0.208. The number of likely N-dealkylation sites (tertiary alicyclic amines) is 1. The first-order chi connectivity index (χ1) is 18.0. The van der Waals surface area contributed by atoms with Crippen molar-refractivity contribution >= 4 is 41.0 Å². The number of likely N-dealkylation sites (N-methyl/N-ethyl adjacent to an activating group) is 1. The molecule has 1 aromatic carbocycles. The third-order valence-corrected chi connectivity index (χ3v) is 8.23. The summed E-state index contributed by atoms with van der Waals surface area (Å²) in [5.74, 6) is -0.0453. The number of alkyl halides is 4. The second-order valence-corrected chi connectivity index (χ2v) is 11.5. The van der Waals surface area contributed by atoms with Crippen molar-refractivity contribution in [1.82, 2.24) is 15.1 Å². The molecule has 0 bridgehead atoms. The van der Waals surface area contributed by atoms with Gasteiger partial charge in [-0.2, -0.15) is 13.2 Å². The molecule has 3 heterocycles. The summed E-state index contributed by atoms with van der Waals surface area (Å²) < 4.78 is 40.4. The van der Waals surface area contributed by atoms with Crippen LogP contribution >= 0.6 is 23.2 Å². The van der Waals surface area contributed by atoms with Crippen LogP contribution < -0.4 is 10.6 Å². The second kappa shape index (κ2) is 10.2. The van der Waals surface area contributed by atoms with E-state index in [1.807, 2.05) is 0 Å². The van der Waals surface area contributed by atoms with Crippen molar-refractivity contribution in [2.45, 2.75) is 54.9 Å². The lowest BCUT2D eigenvalue weighted by Crippen LogP contribution is -2.48. The van der Waals surface area contributed by atoms with Crippen LogP contribution in [-0.4, -0.2) is 65.2 Å². The molecule has 2 N–H and O–H groups in total. The van der Waals surface area contributed by atoms with E-state index in [4.69, 9.17) is 23.2 Å². The molecule has 0 radical (unpaired) electrons.